The normalized spacial score (nSPS) is 10.8. The van der Waals surface area contributed by atoms with Crippen molar-refractivity contribution >= 4 is 21.4 Å². The fourth-order valence-corrected chi connectivity index (χ4v) is 2.89. The van der Waals surface area contributed by atoms with Gasteiger partial charge < -0.3 is 5.73 Å². The summed E-state index contributed by atoms with van der Waals surface area (Å²) >= 11 is 0. The van der Waals surface area contributed by atoms with Crippen molar-refractivity contribution in [3.05, 3.63) is 59.7 Å². The number of rotatable bonds is 4. The maximum atomic E-state index is 12.0. The number of hydrogen-bond acceptors (Lipinski definition) is 4. The van der Waals surface area contributed by atoms with Gasteiger partial charge in [0.25, 0.3) is 0 Å². The number of anilines is 2. The van der Waals surface area contributed by atoms with Crippen LogP contribution in [0.15, 0.2) is 48.5 Å². The van der Waals surface area contributed by atoms with Crippen molar-refractivity contribution in [2.45, 2.75) is 5.75 Å². The zero-order chi connectivity index (χ0) is 14.6. The molecule has 0 amide bonds. The number of hydrogen-bond donors (Lipinski definition) is 2. The van der Waals surface area contributed by atoms with Crippen LogP contribution in [-0.2, 0) is 15.8 Å². The molecule has 0 aliphatic carbocycles. The lowest BCUT2D eigenvalue weighted by Gasteiger charge is -2.08. The quantitative estimate of drug-likeness (QED) is 0.841. The first kappa shape index (κ1) is 13.9. The fourth-order valence-electron chi connectivity index (χ4n) is 1.70. The minimum atomic E-state index is -3.53. The van der Waals surface area contributed by atoms with Crippen molar-refractivity contribution < 1.29 is 8.42 Å². The summed E-state index contributed by atoms with van der Waals surface area (Å²) in [7, 11) is -3.53. The van der Waals surface area contributed by atoms with Crippen LogP contribution in [0, 0.1) is 11.3 Å². The standard InChI is InChI=1S/C14H13N3O2S/c15-9-12-2-1-3-14(8-12)17-20(18,19)10-11-4-6-13(16)7-5-11/h1-8,17H,10,16H2. The van der Waals surface area contributed by atoms with Crippen molar-refractivity contribution in [1.82, 2.24) is 0 Å². The van der Waals surface area contributed by atoms with Crippen molar-refractivity contribution in [3.8, 4) is 6.07 Å². The molecule has 20 heavy (non-hydrogen) atoms. The molecule has 6 heteroatoms. The van der Waals surface area contributed by atoms with Crippen LogP contribution in [0.2, 0.25) is 0 Å². The molecule has 0 radical (unpaired) electrons. The highest BCUT2D eigenvalue weighted by Crippen LogP contribution is 2.15. The van der Waals surface area contributed by atoms with E-state index in [4.69, 9.17) is 11.0 Å². The second-order valence-corrected chi connectivity index (χ2v) is 6.02. The molecule has 0 atom stereocenters. The van der Waals surface area contributed by atoms with E-state index in [0.717, 1.165) is 0 Å². The van der Waals surface area contributed by atoms with E-state index in [1.165, 1.54) is 6.07 Å². The number of sulfonamides is 1. The second kappa shape index (κ2) is 5.63. The molecule has 0 bridgehead atoms. The maximum Gasteiger partial charge on any atom is 0.236 e. The van der Waals surface area contributed by atoms with E-state index in [1.54, 1.807) is 42.5 Å². The Labute approximate surface area is 117 Å². The van der Waals surface area contributed by atoms with Gasteiger partial charge in [-0.15, -0.1) is 0 Å². The molecule has 2 aromatic carbocycles. The van der Waals surface area contributed by atoms with Crippen LogP contribution in [0.5, 0.6) is 0 Å². The van der Waals surface area contributed by atoms with Crippen LogP contribution < -0.4 is 10.5 Å². The third kappa shape index (κ3) is 3.73. The van der Waals surface area contributed by atoms with Crippen molar-refractivity contribution in [2.75, 3.05) is 10.5 Å². The number of nitrogen functional groups attached to an aromatic ring is 1. The zero-order valence-electron chi connectivity index (χ0n) is 10.6. The molecule has 3 N–H and O–H groups in total. The Balaban J connectivity index is 2.15. The van der Waals surface area contributed by atoms with Crippen LogP contribution in [0.3, 0.4) is 0 Å². The highest BCUT2D eigenvalue weighted by molar-refractivity contribution is 7.91. The minimum absolute atomic E-state index is 0.149. The molecule has 2 aromatic rings. The van der Waals surface area contributed by atoms with E-state index in [2.05, 4.69) is 4.72 Å². The number of benzene rings is 2. The summed E-state index contributed by atoms with van der Waals surface area (Å²) < 4.78 is 26.5. The maximum absolute atomic E-state index is 12.0. The van der Waals surface area contributed by atoms with Gasteiger partial charge in [-0.2, -0.15) is 5.26 Å². The Morgan fingerprint density at radius 3 is 2.50 bits per heavy atom. The summed E-state index contributed by atoms with van der Waals surface area (Å²) in [5.41, 5.74) is 7.55. The third-order valence-corrected chi connectivity index (χ3v) is 3.86. The van der Waals surface area contributed by atoms with Crippen LogP contribution in [0.25, 0.3) is 0 Å². The number of nitrogens with one attached hydrogen (secondary N) is 1. The lowest BCUT2D eigenvalue weighted by molar-refractivity contribution is 0.600. The number of nitriles is 1. The third-order valence-electron chi connectivity index (χ3n) is 2.60. The number of nitrogens with zero attached hydrogens (tertiary/aromatic N) is 1. The monoisotopic (exact) mass is 287 g/mol. The smallest absolute Gasteiger partial charge is 0.236 e. The molecule has 0 unspecified atom stereocenters. The molecule has 0 spiro atoms. The molecule has 0 fully saturated rings. The van der Waals surface area contributed by atoms with Gasteiger partial charge in [0.2, 0.25) is 10.0 Å². The summed E-state index contributed by atoms with van der Waals surface area (Å²) in [6, 6.07) is 14.9. The van der Waals surface area contributed by atoms with Gasteiger partial charge in [0.15, 0.2) is 0 Å². The summed E-state index contributed by atoms with van der Waals surface area (Å²) in [4.78, 5) is 0. The van der Waals surface area contributed by atoms with Gasteiger partial charge in [0.05, 0.1) is 17.4 Å². The Bertz CT molecular complexity index is 747. The van der Waals surface area contributed by atoms with Gasteiger partial charge in [-0.1, -0.05) is 18.2 Å². The lowest BCUT2D eigenvalue weighted by Crippen LogP contribution is -2.15. The molecule has 2 rings (SSSR count). The lowest BCUT2D eigenvalue weighted by atomic mass is 10.2. The van der Waals surface area contributed by atoms with Gasteiger partial charge >= 0.3 is 0 Å². The summed E-state index contributed by atoms with van der Waals surface area (Å²) in [6.07, 6.45) is 0. The predicted octanol–water partition coefficient (Wildman–Crippen LogP) is 2.08. The fraction of sp³-hybridized carbons (Fsp3) is 0.0714. The van der Waals surface area contributed by atoms with E-state index in [0.29, 0.717) is 22.5 Å². The Morgan fingerprint density at radius 2 is 1.85 bits per heavy atom. The van der Waals surface area contributed by atoms with Gasteiger partial charge in [-0.25, -0.2) is 8.42 Å². The van der Waals surface area contributed by atoms with E-state index < -0.39 is 10.0 Å². The summed E-state index contributed by atoms with van der Waals surface area (Å²) in [6.45, 7) is 0. The average molecular weight is 287 g/mol. The first-order valence-corrected chi connectivity index (χ1v) is 7.49. The molecule has 0 saturated heterocycles. The van der Waals surface area contributed by atoms with Crippen molar-refractivity contribution in [2.24, 2.45) is 0 Å². The van der Waals surface area contributed by atoms with Crippen LogP contribution in [0.1, 0.15) is 11.1 Å². The molecule has 102 valence electrons. The zero-order valence-corrected chi connectivity index (χ0v) is 11.4. The van der Waals surface area contributed by atoms with E-state index in [1.807, 2.05) is 6.07 Å². The highest BCUT2D eigenvalue weighted by Gasteiger charge is 2.11. The average Bonchev–Trinajstić information content (AvgIpc) is 2.41. The van der Waals surface area contributed by atoms with Gasteiger partial charge in [-0.3, -0.25) is 4.72 Å². The number of nitrogens with two attached hydrogens (primary N) is 1. The van der Waals surface area contributed by atoms with E-state index in [9.17, 15) is 8.42 Å². The van der Waals surface area contributed by atoms with E-state index >= 15 is 0 Å². The van der Waals surface area contributed by atoms with Crippen LogP contribution >= 0.6 is 0 Å². The topological polar surface area (TPSA) is 96.0 Å². The molecule has 0 heterocycles. The molecule has 0 aliphatic heterocycles. The first-order valence-electron chi connectivity index (χ1n) is 5.83. The largest absolute Gasteiger partial charge is 0.399 e. The van der Waals surface area contributed by atoms with Gasteiger partial charge in [-0.05, 0) is 35.9 Å². The van der Waals surface area contributed by atoms with Gasteiger partial charge in [0, 0.05) is 11.4 Å². The Kier molecular flexibility index (Phi) is 3.91. The Hall–Kier alpha value is -2.52. The molecular formula is C14H13N3O2S. The molecule has 0 aliphatic rings. The Morgan fingerprint density at radius 1 is 1.15 bits per heavy atom. The SMILES string of the molecule is N#Cc1cccc(NS(=O)(=O)Cc2ccc(N)cc2)c1. The predicted molar refractivity (Wildman–Crippen MR) is 78.3 cm³/mol. The van der Waals surface area contributed by atoms with E-state index in [-0.39, 0.29) is 5.75 Å². The molecular weight excluding hydrogens is 274 g/mol. The van der Waals surface area contributed by atoms with Crippen LogP contribution in [-0.4, -0.2) is 8.42 Å². The summed E-state index contributed by atoms with van der Waals surface area (Å²) in [5.74, 6) is -0.149. The van der Waals surface area contributed by atoms with Crippen molar-refractivity contribution in [3.63, 3.8) is 0 Å². The molecule has 0 aromatic heterocycles. The second-order valence-electron chi connectivity index (χ2n) is 4.30. The first-order chi connectivity index (χ1) is 9.48. The van der Waals surface area contributed by atoms with Crippen LogP contribution in [0.4, 0.5) is 11.4 Å². The molecule has 5 nitrogen and oxygen atoms in total. The molecule has 0 saturated carbocycles. The van der Waals surface area contributed by atoms with Crippen molar-refractivity contribution in [1.29, 1.82) is 5.26 Å². The summed E-state index contributed by atoms with van der Waals surface area (Å²) in [5, 5.41) is 8.78. The van der Waals surface area contributed by atoms with Gasteiger partial charge in [0.1, 0.15) is 0 Å². The highest BCUT2D eigenvalue weighted by atomic mass is 32.2. The minimum Gasteiger partial charge on any atom is -0.399 e.